The third-order valence-electron chi connectivity index (χ3n) is 2.69. The van der Waals surface area contributed by atoms with Crippen LogP contribution < -0.4 is 0 Å². The van der Waals surface area contributed by atoms with Crippen molar-refractivity contribution < 1.29 is 18.3 Å². The summed E-state index contributed by atoms with van der Waals surface area (Å²) in [7, 11) is -2.06. The molecular formula is C13H18N2O4S. The van der Waals surface area contributed by atoms with Crippen molar-refractivity contribution in [2.45, 2.75) is 5.75 Å². The molecular weight excluding hydrogens is 280 g/mol. The van der Waals surface area contributed by atoms with Crippen LogP contribution in [0, 0.1) is 11.3 Å². The number of nitrogens with zero attached hydrogens (tertiary/aromatic N) is 2. The fourth-order valence-corrected chi connectivity index (χ4v) is 3.22. The van der Waals surface area contributed by atoms with Gasteiger partial charge in [0.2, 0.25) is 10.0 Å². The molecule has 0 bridgehead atoms. The zero-order valence-corrected chi connectivity index (χ0v) is 12.1. The predicted molar refractivity (Wildman–Crippen MR) is 74.3 cm³/mol. The van der Waals surface area contributed by atoms with E-state index in [-0.39, 0.29) is 32.1 Å². The first-order valence-electron chi connectivity index (χ1n) is 6.10. The van der Waals surface area contributed by atoms with Crippen LogP contribution in [0.4, 0.5) is 0 Å². The maximum absolute atomic E-state index is 12.3. The van der Waals surface area contributed by atoms with Gasteiger partial charge in [-0.25, -0.2) is 8.42 Å². The molecule has 0 fully saturated rings. The van der Waals surface area contributed by atoms with Gasteiger partial charge in [0.15, 0.2) is 0 Å². The van der Waals surface area contributed by atoms with Crippen LogP contribution in [0.3, 0.4) is 0 Å². The number of aliphatic hydroxyl groups is 1. The summed E-state index contributed by atoms with van der Waals surface area (Å²) in [5.41, 5.74) is 0.965. The van der Waals surface area contributed by atoms with E-state index in [9.17, 15) is 8.42 Å². The molecule has 1 rings (SSSR count). The van der Waals surface area contributed by atoms with Gasteiger partial charge in [0.05, 0.1) is 30.6 Å². The van der Waals surface area contributed by atoms with E-state index in [4.69, 9.17) is 15.1 Å². The molecule has 0 spiro atoms. The Labute approximate surface area is 119 Å². The molecule has 0 aliphatic carbocycles. The van der Waals surface area contributed by atoms with Crippen LogP contribution in [0.2, 0.25) is 0 Å². The van der Waals surface area contributed by atoms with Crippen molar-refractivity contribution >= 4 is 10.0 Å². The summed E-state index contributed by atoms with van der Waals surface area (Å²) in [5.74, 6) is -0.202. The number of hydrogen-bond donors (Lipinski definition) is 1. The lowest BCUT2D eigenvalue weighted by Crippen LogP contribution is -2.37. The van der Waals surface area contributed by atoms with Gasteiger partial charge in [0.25, 0.3) is 0 Å². The Morgan fingerprint density at radius 3 is 2.75 bits per heavy atom. The van der Waals surface area contributed by atoms with Crippen molar-refractivity contribution in [1.29, 1.82) is 5.26 Å². The normalized spacial score (nSPS) is 11.5. The van der Waals surface area contributed by atoms with Crippen molar-refractivity contribution in [3.8, 4) is 6.07 Å². The fraction of sp³-hybridized carbons (Fsp3) is 0.462. The zero-order chi connectivity index (χ0) is 15.0. The number of rotatable bonds is 8. The van der Waals surface area contributed by atoms with Crippen LogP contribution in [0.5, 0.6) is 0 Å². The summed E-state index contributed by atoms with van der Waals surface area (Å²) in [6.45, 7) is 0.236. The van der Waals surface area contributed by atoms with Gasteiger partial charge in [-0.1, -0.05) is 12.1 Å². The molecule has 0 aliphatic rings. The number of nitriles is 1. The first-order chi connectivity index (χ1) is 9.53. The smallest absolute Gasteiger partial charge is 0.218 e. The minimum Gasteiger partial charge on any atom is -0.395 e. The van der Waals surface area contributed by atoms with E-state index in [2.05, 4.69) is 0 Å². The highest BCUT2D eigenvalue weighted by Crippen LogP contribution is 2.12. The molecule has 0 aromatic heterocycles. The molecule has 1 aromatic carbocycles. The molecule has 0 saturated carbocycles. The van der Waals surface area contributed by atoms with Crippen LogP contribution in [0.15, 0.2) is 24.3 Å². The quantitative estimate of drug-likeness (QED) is 0.747. The molecule has 6 nitrogen and oxygen atoms in total. The largest absolute Gasteiger partial charge is 0.395 e. The Morgan fingerprint density at radius 1 is 1.40 bits per heavy atom. The predicted octanol–water partition coefficient (Wildman–Crippen LogP) is 0.329. The van der Waals surface area contributed by atoms with Gasteiger partial charge in [-0.2, -0.15) is 9.57 Å². The van der Waals surface area contributed by atoms with E-state index in [1.165, 1.54) is 11.4 Å². The van der Waals surface area contributed by atoms with Crippen molar-refractivity contribution in [1.82, 2.24) is 4.31 Å². The van der Waals surface area contributed by atoms with Gasteiger partial charge in [-0.3, -0.25) is 0 Å². The standard InChI is InChI=1S/C13H18N2O4S/c1-19-8-6-15(5-7-16)20(17,18)11-13-4-2-3-12(9-13)10-14/h2-4,9,16H,5-8,11H2,1H3. The van der Waals surface area contributed by atoms with Crippen LogP contribution in [-0.4, -0.2) is 51.2 Å². The van der Waals surface area contributed by atoms with Gasteiger partial charge >= 0.3 is 0 Å². The number of sulfonamides is 1. The summed E-state index contributed by atoms with van der Waals surface area (Å²) in [6, 6.07) is 8.44. The maximum Gasteiger partial charge on any atom is 0.218 e. The van der Waals surface area contributed by atoms with E-state index in [0.717, 1.165) is 0 Å². The highest BCUT2D eigenvalue weighted by molar-refractivity contribution is 7.88. The Bertz CT molecular complexity index is 566. The monoisotopic (exact) mass is 298 g/mol. The Balaban J connectivity index is 2.87. The number of methoxy groups -OCH3 is 1. The molecule has 0 atom stereocenters. The molecule has 0 radical (unpaired) electrons. The molecule has 7 heteroatoms. The van der Waals surface area contributed by atoms with E-state index >= 15 is 0 Å². The van der Waals surface area contributed by atoms with Gasteiger partial charge < -0.3 is 9.84 Å². The summed E-state index contributed by atoms with van der Waals surface area (Å²) in [6.07, 6.45) is 0. The van der Waals surface area contributed by atoms with Crippen LogP contribution in [0.1, 0.15) is 11.1 Å². The minimum absolute atomic E-state index is 0.0314. The Hall–Kier alpha value is -1.46. The first-order valence-corrected chi connectivity index (χ1v) is 7.71. The zero-order valence-electron chi connectivity index (χ0n) is 11.3. The van der Waals surface area contributed by atoms with Gasteiger partial charge in [0.1, 0.15) is 0 Å². The third kappa shape index (κ3) is 4.90. The summed E-state index contributed by atoms with van der Waals surface area (Å²) >= 11 is 0. The Morgan fingerprint density at radius 2 is 2.15 bits per heavy atom. The summed E-state index contributed by atoms with van der Waals surface area (Å²) in [4.78, 5) is 0. The van der Waals surface area contributed by atoms with Crippen molar-refractivity contribution in [3.05, 3.63) is 35.4 Å². The Kier molecular flexibility index (Phi) is 6.61. The summed E-state index contributed by atoms with van der Waals surface area (Å²) in [5, 5.41) is 17.8. The molecule has 110 valence electrons. The van der Waals surface area contributed by atoms with Crippen LogP contribution >= 0.6 is 0 Å². The molecule has 0 saturated heterocycles. The van der Waals surface area contributed by atoms with E-state index in [1.54, 1.807) is 24.3 Å². The second-order valence-electron chi connectivity index (χ2n) is 4.18. The van der Waals surface area contributed by atoms with Crippen LogP contribution in [-0.2, 0) is 20.5 Å². The van der Waals surface area contributed by atoms with Gasteiger partial charge in [0, 0.05) is 20.2 Å². The van der Waals surface area contributed by atoms with Crippen LogP contribution in [0.25, 0.3) is 0 Å². The highest BCUT2D eigenvalue weighted by atomic mass is 32.2. The van der Waals surface area contributed by atoms with E-state index in [1.807, 2.05) is 6.07 Å². The SMILES string of the molecule is COCCN(CCO)S(=O)(=O)Cc1cccc(C#N)c1. The molecule has 20 heavy (non-hydrogen) atoms. The van der Waals surface area contributed by atoms with Gasteiger partial charge in [-0.05, 0) is 17.7 Å². The molecule has 0 unspecified atom stereocenters. The van der Waals surface area contributed by atoms with Crippen molar-refractivity contribution in [3.63, 3.8) is 0 Å². The lowest BCUT2D eigenvalue weighted by Gasteiger charge is -2.20. The maximum atomic E-state index is 12.3. The number of benzene rings is 1. The highest BCUT2D eigenvalue weighted by Gasteiger charge is 2.21. The molecule has 1 aromatic rings. The fourth-order valence-electron chi connectivity index (χ4n) is 1.73. The number of aliphatic hydroxyl groups excluding tert-OH is 1. The van der Waals surface area contributed by atoms with Gasteiger partial charge in [-0.15, -0.1) is 0 Å². The molecule has 0 aliphatic heterocycles. The minimum atomic E-state index is -3.55. The summed E-state index contributed by atoms with van der Waals surface area (Å²) < 4.78 is 30.6. The lowest BCUT2D eigenvalue weighted by molar-refractivity contribution is 0.168. The molecule has 1 N–H and O–H groups in total. The number of hydrogen-bond acceptors (Lipinski definition) is 5. The van der Waals surface area contributed by atoms with Crippen molar-refractivity contribution in [2.75, 3.05) is 33.4 Å². The average Bonchev–Trinajstić information content (AvgIpc) is 2.43. The van der Waals surface area contributed by atoms with E-state index < -0.39 is 10.0 Å². The lowest BCUT2D eigenvalue weighted by atomic mass is 10.2. The van der Waals surface area contributed by atoms with Crippen molar-refractivity contribution in [2.24, 2.45) is 0 Å². The molecule has 0 amide bonds. The van der Waals surface area contributed by atoms with E-state index in [0.29, 0.717) is 11.1 Å². The number of ether oxygens (including phenoxy) is 1. The average molecular weight is 298 g/mol. The topological polar surface area (TPSA) is 90.6 Å². The third-order valence-corrected chi connectivity index (χ3v) is 4.54. The second kappa shape index (κ2) is 7.97. The second-order valence-corrected chi connectivity index (χ2v) is 6.15. The first kappa shape index (κ1) is 16.6. The molecule has 0 heterocycles.